The summed E-state index contributed by atoms with van der Waals surface area (Å²) in [5.41, 5.74) is 3.56. The number of aryl methyl sites for hydroxylation is 1. The van der Waals surface area contributed by atoms with Crippen molar-refractivity contribution >= 4 is 0 Å². The molecule has 6 heterocycles. The molecule has 0 saturated carbocycles. The molecule has 35 heteroatoms. The Morgan fingerprint density at radius 2 is 0.404 bits per heavy atom. The third-order valence-corrected chi connectivity index (χ3v) is 15.7. The zero-order chi connectivity index (χ0) is 80.8. The van der Waals surface area contributed by atoms with Gasteiger partial charge in [-0.15, -0.1) is 0 Å². The lowest BCUT2D eigenvalue weighted by Crippen LogP contribution is -2.27. The lowest BCUT2D eigenvalue weighted by molar-refractivity contribution is -0.0803. The summed E-state index contributed by atoms with van der Waals surface area (Å²) in [4.78, 5) is 0. The molecule has 6 aliphatic heterocycles. The SMILES string of the molecule is OCC1COCCOCCOCCO1.OCC1COCCOCCOCCOCCO1.OCC1COCCOCCOCCOCCOCCO1.OCc1ccc2c(c1)OCCOCCOCCO2.OCc1ccc2c(c1)OCCOCCOCCOCCC2.OCc1ccc2c(c1)OCCOCCOCCOCCOCCO2. The molecule has 3 unspecified atom stereocenters. The molecule has 6 N–H and O–H groups in total. The summed E-state index contributed by atoms with van der Waals surface area (Å²) in [5, 5.41) is 54.7. The minimum absolute atomic E-state index is 0.0176. The van der Waals surface area contributed by atoms with Gasteiger partial charge in [0.15, 0.2) is 23.0 Å². The van der Waals surface area contributed by atoms with E-state index in [0.29, 0.717) is 353 Å². The highest BCUT2D eigenvalue weighted by Gasteiger charge is 2.15. The van der Waals surface area contributed by atoms with E-state index in [0.717, 1.165) is 40.8 Å². The number of rotatable bonds is 6. The molecule has 0 bridgehead atoms. The van der Waals surface area contributed by atoms with Crippen LogP contribution in [-0.4, -0.2) is 399 Å². The molecule has 9 rings (SSSR count). The van der Waals surface area contributed by atoms with E-state index in [1.165, 1.54) is 0 Å². The summed E-state index contributed by atoms with van der Waals surface area (Å²) >= 11 is 0. The van der Waals surface area contributed by atoms with E-state index in [-0.39, 0.29) is 58.0 Å². The van der Waals surface area contributed by atoms with Gasteiger partial charge in [-0.1, -0.05) is 24.3 Å². The van der Waals surface area contributed by atoms with E-state index in [4.69, 9.17) is 158 Å². The van der Waals surface area contributed by atoms with Crippen LogP contribution in [0.3, 0.4) is 0 Å². The van der Waals surface area contributed by atoms with Crippen LogP contribution in [0.5, 0.6) is 28.7 Å². The van der Waals surface area contributed by atoms with Crippen LogP contribution in [0.2, 0.25) is 0 Å². The highest BCUT2D eigenvalue weighted by molar-refractivity contribution is 5.44. The van der Waals surface area contributed by atoms with Crippen molar-refractivity contribution in [2.45, 2.75) is 51.0 Å². The van der Waals surface area contributed by atoms with E-state index >= 15 is 0 Å². The largest absolute Gasteiger partial charge is 0.491 e. The predicted molar refractivity (Wildman–Crippen MR) is 411 cm³/mol. The van der Waals surface area contributed by atoms with Gasteiger partial charge in [0.05, 0.1) is 330 Å². The Labute approximate surface area is 672 Å². The monoisotopic (exact) mass is 1640 g/mol. The minimum atomic E-state index is -0.322. The minimum Gasteiger partial charge on any atom is -0.491 e. The Hall–Kier alpha value is -4.54. The van der Waals surface area contributed by atoms with Gasteiger partial charge in [0.1, 0.15) is 57.1 Å². The Balaban J connectivity index is 0.000000290. The Morgan fingerprint density at radius 3 is 0.658 bits per heavy atom. The Kier molecular flexibility index (Phi) is 68.9. The van der Waals surface area contributed by atoms with E-state index in [1.54, 1.807) is 30.3 Å². The number of ether oxygens (including phenoxy) is 29. The van der Waals surface area contributed by atoms with Gasteiger partial charge < -0.3 is 168 Å². The van der Waals surface area contributed by atoms with Gasteiger partial charge in [0.25, 0.3) is 0 Å². The smallest absolute Gasteiger partial charge is 0.161 e. The van der Waals surface area contributed by atoms with Gasteiger partial charge >= 0.3 is 0 Å². The van der Waals surface area contributed by atoms with E-state index in [9.17, 15) is 10.2 Å². The zero-order valence-corrected chi connectivity index (χ0v) is 67.0. The second kappa shape index (κ2) is 77.1. The molecule has 0 aromatic heterocycles. The number of hydrogen-bond acceptors (Lipinski definition) is 35. The van der Waals surface area contributed by atoms with Crippen molar-refractivity contribution in [1.82, 2.24) is 0 Å². The summed E-state index contributed by atoms with van der Waals surface area (Å²) in [6.07, 6.45) is 0.962. The highest BCUT2D eigenvalue weighted by Crippen LogP contribution is 2.30. The second-order valence-electron chi connectivity index (χ2n) is 24.6. The fraction of sp³-hybridized carbons (Fsp3) is 0.772. The molecule has 3 fully saturated rings. The average molecular weight is 1640 g/mol. The first-order valence-electron chi connectivity index (χ1n) is 39.6. The quantitative estimate of drug-likeness (QED) is 0.205. The van der Waals surface area contributed by atoms with Crippen LogP contribution in [0.25, 0.3) is 0 Å². The lowest BCUT2D eigenvalue weighted by atomic mass is 10.1. The molecular weight excluding hydrogens is 1510 g/mol. The third kappa shape index (κ3) is 57.6. The van der Waals surface area contributed by atoms with Crippen molar-refractivity contribution in [3.8, 4) is 28.7 Å². The maximum atomic E-state index is 9.26. The van der Waals surface area contributed by atoms with Crippen molar-refractivity contribution in [1.29, 1.82) is 0 Å². The molecule has 3 atom stereocenters. The summed E-state index contributed by atoms with van der Waals surface area (Å²) in [5.74, 6) is 3.33. The van der Waals surface area contributed by atoms with Gasteiger partial charge in [-0.3, -0.25) is 0 Å². The Bertz CT molecular complexity index is 2530. The normalized spacial score (nSPS) is 22.4. The molecule has 0 radical (unpaired) electrons. The maximum Gasteiger partial charge on any atom is 0.161 e. The first-order valence-corrected chi connectivity index (χ1v) is 39.6. The maximum absolute atomic E-state index is 9.26. The molecule has 660 valence electrons. The van der Waals surface area contributed by atoms with Crippen molar-refractivity contribution in [2.24, 2.45) is 0 Å². The molecule has 114 heavy (non-hydrogen) atoms. The van der Waals surface area contributed by atoms with E-state index in [2.05, 4.69) is 0 Å². The molecular formula is C79H134O35. The summed E-state index contributed by atoms with van der Waals surface area (Å²) in [6.45, 7) is 25.5. The molecule has 3 aromatic rings. The first-order chi connectivity index (χ1) is 56.5. The van der Waals surface area contributed by atoms with Crippen molar-refractivity contribution in [3.63, 3.8) is 0 Å². The topological polar surface area (TPSA) is 389 Å². The molecule has 0 aliphatic carbocycles. The van der Waals surface area contributed by atoms with Crippen molar-refractivity contribution < 1.29 is 168 Å². The van der Waals surface area contributed by atoms with Crippen LogP contribution in [-0.2, 0) is 140 Å². The first kappa shape index (κ1) is 102. The van der Waals surface area contributed by atoms with Gasteiger partial charge in [0.2, 0.25) is 0 Å². The van der Waals surface area contributed by atoms with Gasteiger partial charge in [0, 0.05) is 6.61 Å². The zero-order valence-electron chi connectivity index (χ0n) is 67.0. The van der Waals surface area contributed by atoms with E-state index in [1.807, 2.05) is 24.3 Å². The number of hydrogen-bond donors (Lipinski definition) is 6. The number of aliphatic hydroxyl groups is 6. The van der Waals surface area contributed by atoms with Crippen LogP contribution < -0.4 is 23.7 Å². The van der Waals surface area contributed by atoms with E-state index < -0.39 is 0 Å². The number of fused-ring (bicyclic) bond motifs is 3. The van der Waals surface area contributed by atoms with Crippen LogP contribution >= 0.6 is 0 Å². The molecule has 35 nitrogen and oxygen atoms in total. The molecule has 3 saturated heterocycles. The standard InChI is InChI=1S/C17H26O7.C16H24O5.C13H26O7.C13H18O5.C11H22O6.C9H18O5/c18-14-15-1-2-16-17(13-15)24-12-10-22-8-6-20-4-3-19-5-7-21-9-11-23-16;17-13-14-3-4-15-2-1-5-18-6-7-19-8-9-20-10-11-21-16(15)12-14;14-11-13-12-19-8-7-17-4-3-15-1-2-16-5-6-18-9-10-20-13;14-10-11-1-2-12-13(9-11)18-8-6-16-4-3-15-5-7-17-12;12-9-11-10-16-6-5-14-2-1-13-3-4-15-7-8-17-11;10-7-9-8-13-4-3-11-1-2-12-5-6-14-9/h1-2,13,18H,3-12,14H2;3-4,12,17H,1-2,5-11,13H2;13-14H,1-12H2;1-2,9,14H,3-8,10H2;11-12H,1-10H2;9-10H,1-8H2. The lowest BCUT2D eigenvalue weighted by Gasteiger charge is -2.17. The van der Waals surface area contributed by atoms with Crippen molar-refractivity contribution in [2.75, 3.05) is 350 Å². The van der Waals surface area contributed by atoms with Crippen LogP contribution in [0.15, 0.2) is 54.6 Å². The summed E-state index contributed by atoms with van der Waals surface area (Å²) < 4.78 is 157. The second-order valence-corrected chi connectivity index (χ2v) is 24.6. The molecule has 0 spiro atoms. The van der Waals surface area contributed by atoms with Gasteiger partial charge in [-0.25, -0.2) is 0 Å². The highest BCUT2D eigenvalue weighted by atomic mass is 16.6. The van der Waals surface area contributed by atoms with Crippen LogP contribution in [0.4, 0.5) is 0 Å². The fourth-order valence-electron chi connectivity index (χ4n) is 9.75. The number of benzene rings is 3. The predicted octanol–water partition coefficient (Wildman–Crippen LogP) is 1.89. The van der Waals surface area contributed by atoms with Gasteiger partial charge in [-0.2, -0.15) is 0 Å². The molecule has 0 amide bonds. The summed E-state index contributed by atoms with van der Waals surface area (Å²) in [7, 11) is 0. The number of aliphatic hydroxyl groups excluding tert-OH is 6. The van der Waals surface area contributed by atoms with Crippen LogP contribution in [0, 0.1) is 0 Å². The molecule has 6 aliphatic rings. The summed E-state index contributed by atoms with van der Waals surface area (Å²) in [6, 6.07) is 16.6. The fourth-order valence-corrected chi connectivity index (χ4v) is 9.75. The van der Waals surface area contributed by atoms with Crippen LogP contribution in [0.1, 0.15) is 28.7 Å². The Morgan fingerprint density at radius 1 is 0.202 bits per heavy atom. The third-order valence-electron chi connectivity index (χ3n) is 15.7. The van der Waals surface area contributed by atoms with Crippen molar-refractivity contribution in [3.05, 3.63) is 76.9 Å². The molecule has 3 aromatic carbocycles. The average Bonchev–Trinajstić information content (AvgIpc) is 0.893. The van der Waals surface area contributed by atoms with Gasteiger partial charge in [-0.05, 0) is 65.4 Å².